The highest BCUT2D eigenvalue weighted by molar-refractivity contribution is 5.86. The maximum Gasteiger partial charge on any atom is 0.117 e. The summed E-state index contributed by atoms with van der Waals surface area (Å²) in [6.45, 7) is 0. The van der Waals surface area contributed by atoms with E-state index >= 15 is 0 Å². The van der Waals surface area contributed by atoms with Crippen LogP contribution in [0.15, 0.2) is 27.4 Å². The Morgan fingerprint density at radius 2 is 2.33 bits per heavy atom. The number of hydrogen-bond donors (Lipinski definition) is 1. The van der Waals surface area contributed by atoms with Crippen molar-refractivity contribution in [2.75, 3.05) is 7.05 Å². The van der Waals surface area contributed by atoms with Crippen LogP contribution in [0.4, 0.5) is 0 Å². The number of H-pyrrole nitrogens is 1. The van der Waals surface area contributed by atoms with Crippen molar-refractivity contribution in [2.45, 2.75) is 0 Å². The number of hydrogen-bond acceptors (Lipinski definition) is 2. The number of rotatable bonds is 3. The summed E-state index contributed by atoms with van der Waals surface area (Å²) in [5.74, 6) is 0. The van der Waals surface area contributed by atoms with E-state index in [2.05, 4.69) is 25.2 Å². The molecule has 62 valence electrons. The molecule has 0 atom stereocenters. The zero-order chi connectivity index (χ0) is 8.65. The highest BCUT2D eigenvalue weighted by Crippen LogP contribution is 1.85. The molecule has 0 saturated carbocycles. The number of nitrogens with zero attached hydrogens (tertiary/aromatic N) is 4. The molecule has 1 heterocycles. The van der Waals surface area contributed by atoms with E-state index in [9.17, 15) is 0 Å². The smallest absolute Gasteiger partial charge is 0.117 e. The lowest BCUT2D eigenvalue weighted by atomic mass is 10.4. The van der Waals surface area contributed by atoms with Gasteiger partial charge in [0.15, 0.2) is 0 Å². The van der Waals surface area contributed by atoms with Gasteiger partial charge in [-0.1, -0.05) is 0 Å². The number of aliphatic imine (C=N–C) groups is 3. The van der Waals surface area contributed by atoms with Gasteiger partial charge in [-0.15, -0.1) is 0 Å². The Labute approximate surface area is 70.0 Å². The third kappa shape index (κ3) is 2.87. The Bertz CT molecular complexity index is 283. The predicted octanol–water partition coefficient (Wildman–Crippen LogP) is 0.515. The first-order valence-electron chi connectivity index (χ1n) is 3.37. The molecule has 0 fully saturated rings. The van der Waals surface area contributed by atoms with E-state index in [-0.39, 0.29) is 0 Å². The summed E-state index contributed by atoms with van der Waals surface area (Å²) in [6.07, 6.45) is 7.90. The Hall–Kier alpha value is -1.78. The molecular weight excluding hydrogens is 154 g/mol. The molecule has 0 saturated heterocycles. The summed E-state index contributed by atoms with van der Waals surface area (Å²) in [7, 11) is 1.65. The molecule has 0 radical (unpaired) electrons. The average molecular weight is 163 g/mol. The van der Waals surface area contributed by atoms with Crippen LogP contribution in [0.3, 0.4) is 0 Å². The first-order chi connectivity index (χ1) is 5.93. The van der Waals surface area contributed by atoms with Crippen molar-refractivity contribution in [1.29, 1.82) is 0 Å². The van der Waals surface area contributed by atoms with Gasteiger partial charge in [0.2, 0.25) is 0 Å². The van der Waals surface area contributed by atoms with Crippen molar-refractivity contribution in [1.82, 2.24) is 10.2 Å². The third-order valence-corrected chi connectivity index (χ3v) is 1.06. The van der Waals surface area contributed by atoms with E-state index in [4.69, 9.17) is 0 Å². The van der Waals surface area contributed by atoms with Gasteiger partial charge in [-0.25, -0.2) is 9.98 Å². The molecule has 0 aliphatic rings. The Morgan fingerprint density at radius 1 is 1.42 bits per heavy atom. The van der Waals surface area contributed by atoms with Gasteiger partial charge in [-0.05, 0) is 0 Å². The molecule has 5 nitrogen and oxygen atoms in total. The monoisotopic (exact) mass is 163 g/mol. The third-order valence-electron chi connectivity index (χ3n) is 1.06. The van der Waals surface area contributed by atoms with Gasteiger partial charge in [-0.3, -0.25) is 10.1 Å². The number of aromatic amines is 1. The van der Waals surface area contributed by atoms with Crippen molar-refractivity contribution in [3.63, 3.8) is 0 Å². The summed E-state index contributed by atoms with van der Waals surface area (Å²) >= 11 is 0. The van der Waals surface area contributed by atoms with Gasteiger partial charge in [0.1, 0.15) is 12.7 Å². The maximum absolute atomic E-state index is 3.88. The van der Waals surface area contributed by atoms with Gasteiger partial charge >= 0.3 is 0 Å². The molecule has 12 heavy (non-hydrogen) atoms. The minimum Gasteiger partial charge on any atom is -0.285 e. The molecule has 1 aromatic heterocycles. The van der Waals surface area contributed by atoms with Crippen molar-refractivity contribution in [2.24, 2.45) is 15.0 Å². The van der Waals surface area contributed by atoms with Crippen LogP contribution in [-0.2, 0) is 0 Å². The summed E-state index contributed by atoms with van der Waals surface area (Å²) in [5.41, 5.74) is 0.912. The van der Waals surface area contributed by atoms with Crippen LogP contribution in [0, 0.1) is 0 Å². The lowest BCUT2D eigenvalue weighted by Crippen LogP contribution is -1.75. The zero-order valence-corrected chi connectivity index (χ0v) is 6.68. The topological polar surface area (TPSA) is 65.8 Å². The number of aromatic nitrogens is 2. The van der Waals surface area contributed by atoms with E-state index in [1.54, 1.807) is 25.7 Å². The molecule has 0 aliphatic carbocycles. The quantitative estimate of drug-likeness (QED) is 0.512. The summed E-state index contributed by atoms with van der Waals surface area (Å²) in [5, 5.41) is 6.42. The fourth-order valence-corrected chi connectivity index (χ4v) is 0.586. The molecule has 0 bridgehead atoms. The minimum atomic E-state index is 0.912. The Kier molecular flexibility index (Phi) is 3.43. The largest absolute Gasteiger partial charge is 0.285 e. The molecule has 1 N–H and O–H groups in total. The lowest BCUT2D eigenvalue weighted by molar-refractivity contribution is 1.09. The highest BCUT2D eigenvalue weighted by atomic mass is 15.1. The van der Waals surface area contributed by atoms with E-state index in [1.807, 2.05) is 0 Å². The molecule has 0 amide bonds. The van der Waals surface area contributed by atoms with Crippen molar-refractivity contribution in [3.8, 4) is 0 Å². The molecule has 1 rings (SSSR count). The normalized spacial score (nSPS) is 12.4. The van der Waals surface area contributed by atoms with Crippen molar-refractivity contribution in [3.05, 3.63) is 18.0 Å². The SMILES string of the molecule is CN=CN=CN=Cc1cn[nH]c1. The molecule has 0 spiro atoms. The maximum atomic E-state index is 3.88. The van der Waals surface area contributed by atoms with Crippen LogP contribution >= 0.6 is 0 Å². The average Bonchev–Trinajstić information content (AvgIpc) is 2.57. The molecule has 1 aromatic rings. The first-order valence-corrected chi connectivity index (χ1v) is 3.37. The molecular formula is C7H9N5. The second-order valence-electron chi connectivity index (χ2n) is 1.95. The van der Waals surface area contributed by atoms with Gasteiger partial charge in [0.05, 0.1) is 6.20 Å². The standard InChI is InChI=1S/C7H9N5/c1-8-5-10-6-9-2-7-3-11-12-4-7/h2-6H,1H3,(H,11,12). The fraction of sp³-hybridized carbons (Fsp3) is 0.143. The second kappa shape index (κ2) is 4.95. The van der Waals surface area contributed by atoms with E-state index in [0.717, 1.165) is 5.56 Å². The molecule has 0 aromatic carbocycles. The van der Waals surface area contributed by atoms with Crippen molar-refractivity contribution < 1.29 is 0 Å². The predicted molar refractivity (Wildman–Crippen MR) is 49.1 cm³/mol. The Morgan fingerprint density at radius 3 is 3.00 bits per heavy atom. The van der Waals surface area contributed by atoms with E-state index < -0.39 is 0 Å². The summed E-state index contributed by atoms with van der Waals surface area (Å²) in [4.78, 5) is 11.3. The van der Waals surface area contributed by atoms with Gasteiger partial charge in [0.25, 0.3) is 0 Å². The Balaban J connectivity index is 2.41. The molecule has 5 heteroatoms. The van der Waals surface area contributed by atoms with E-state index in [0.29, 0.717) is 0 Å². The van der Waals surface area contributed by atoms with Crippen LogP contribution in [0.1, 0.15) is 5.56 Å². The van der Waals surface area contributed by atoms with Crippen LogP contribution in [0.25, 0.3) is 0 Å². The molecule has 0 aliphatic heterocycles. The summed E-state index contributed by atoms with van der Waals surface area (Å²) < 4.78 is 0. The van der Waals surface area contributed by atoms with E-state index in [1.165, 1.54) is 12.7 Å². The second-order valence-corrected chi connectivity index (χ2v) is 1.95. The number of nitrogens with one attached hydrogen (secondary N) is 1. The van der Waals surface area contributed by atoms with Crippen LogP contribution < -0.4 is 0 Å². The van der Waals surface area contributed by atoms with Gasteiger partial charge in [-0.2, -0.15) is 5.10 Å². The van der Waals surface area contributed by atoms with Crippen molar-refractivity contribution >= 4 is 18.9 Å². The first kappa shape index (κ1) is 8.32. The van der Waals surface area contributed by atoms with Crippen LogP contribution in [0.2, 0.25) is 0 Å². The van der Waals surface area contributed by atoms with Crippen LogP contribution in [-0.4, -0.2) is 36.1 Å². The van der Waals surface area contributed by atoms with Gasteiger partial charge in [0, 0.05) is 25.0 Å². The zero-order valence-electron chi connectivity index (χ0n) is 6.68. The molecule has 0 unspecified atom stereocenters. The summed E-state index contributed by atoms with van der Waals surface area (Å²) in [6, 6.07) is 0. The highest BCUT2D eigenvalue weighted by Gasteiger charge is 1.83. The fourth-order valence-electron chi connectivity index (χ4n) is 0.586. The minimum absolute atomic E-state index is 0.912. The van der Waals surface area contributed by atoms with Crippen LogP contribution in [0.5, 0.6) is 0 Å². The lowest BCUT2D eigenvalue weighted by Gasteiger charge is -1.76. The van der Waals surface area contributed by atoms with Gasteiger partial charge < -0.3 is 0 Å².